The molecule has 0 aliphatic heterocycles. The number of aryl methyl sites for hydroxylation is 1. The number of nitrogens with two attached hydrogens (primary N) is 1. The molecule has 0 spiro atoms. The molecule has 0 fully saturated rings. The van der Waals surface area contributed by atoms with Crippen molar-refractivity contribution in [1.29, 1.82) is 0 Å². The first kappa shape index (κ1) is 15.2. The number of fused-ring (bicyclic) bond motifs is 1. The molecule has 20 heavy (non-hydrogen) atoms. The Bertz CT molecular complexity index is 582. The van der Waals surface area contributed by atoms with Crippen molar-refractivity contribution >= 4 is 27.4 Å². The summed E-state index contributed by atoms with van der Waals surface area (Å²) in [5.74, 6) is 7.29. The monoisotopic (exact) mass is 294 g/mol. The number of anilines is 1. The van der Waals surface area contributed by atoms with Gasteiger partial charge < -0.3 is 10.2 Å². The number of rotatable bonds is 6. The Kier molecular flexibility index (Phi) is 4.91. The van der Waals surface area contributed by atoms with E-state index in [0.29, 0.717) is 24.2 Å². The Hall–Kier alpha value is -1.24. The predicted molar refractivity (Wildman–Crippen MR) is 83.8 cm³/mol. The summed E-state index contributed by atoms with van der Waals surface area (Å²) in [5.41, 5.74) is 2.68. The molecule has 2 aromatic heterocycles. The van der Waals surface area contributed by atoms with Gasteiger partial charge in [0.05, 0.1) is 5.39 Å². The highest BCUT2D eigenvalue weighted by atomic mass is 32.1. The number of thiophene rings is 1. The SMILES string of the molecule is CCOC(c1nc(NN)c2cc(CC)sc2n1)C(C)C. The van der Waals surface area contributed by atoms with E-state index in [9.17, 15) is 0 Å². The zero-order valence-electron chi connectivity index (χ0n) is 12.4. The van der Waals surface area contributed by atoms with Gasteiger partial charge in [0.25, 0.3) is 0 Å². The van der Waals surface area contributed by atoms with Crippen LogP contribution < -0.4 is 11.3 Å². The van der Waals surface area contributed by atoms with Gasteiger partial charge in [0.1, 0.15) is 10.9 Å². The van der Waals surface area contributed by atoms with Gasteiger partial charge in [-0.05, 0) is 25.3 Å². The van der Waals surface area contributed by atoms with Crippen LogP contribution in [-0.4, -0.2) is 16.6 Å². The molecule has 1 unspecified atom stereocenters. The minimum atomic E-state index is -0.108. The lowest BCUT2D eigenvalue weighted by molar-refractivity contribution is 0.0236. The van der Waals surface area contributed by atoms with E-state index in [-0.39, 0.29) is 6.10 Å². The van der Waals surface area contributed by atoms with Gasteiger partial charge in [-0.2, -0.15) is 0 Å². The van der Waals surface area contributed by atoms with E-state index in [1.807, 2.05) is 6.92 Å². The molecule has 0 saturated heterocycles. The topological polar surface area (TPSA) is 73.1 Å². The summed E-state index contributed by atoms with van der Waals surface area (Å²) in [5, 5.41) is 0.983. The summed E-state index contributed by atoms with van der Waals surface area (Å²) in [4.78, 5) is 11.5. The van der Waals surface area contributed by atoms with Crippen molar-refractivity contribution in [1.82, 2.24) is 9.97 Å². The molecular formula is C14H22N4OS. The molecule has 0 amide bonds. The second kappa shape index (κ2) is 6.47. The zero-order chi connectivity index (χ0) is 14.7. The molecule has 2 heterocycles. The van der Waals surface area contributed by atoms with E-state index in [4.69, 9.17) is 10.6 Å². The van der Waals surface area contributed by atoms with E-state index in [0.717, 1.165) is 16.6 Å². The van der Waals surface area contributed by atoms with E-state index in [2.05, 4.69) is 42.2 Å². The molecule has 0 radical (unpaired) electrons. The molecule has 1 atom stereocenters. The highest BCUT2D eigenvalue weighted by molar-refractivity contribution is 7.18. The van der Waals surface area contributed by atoms with Gasteiger partial charge in [-0.3, -0.25) is 0 Å². The minimum absolute atomic E-state index is 0.108. The lowest BCUT2D eigenvalue weighted by atomic mass is 10.1. The van der Waals surface area contributed by atoms with Crippen molar-refractivity contribution < 1.29 is 4.74 Å². The number of hydrogen-bond acceptors (Lipinski definition) is 6. The molecule has 2 rings (SSSR count). The molecular weight excluding hydrogens is 272 g/mol. The normalized spacial score (nSPS) is 13.1. The molecule has 0 aliphatic rings. The van der Waals surface area contributed by atoms with Crippen LogP contribution in [0.5, 0.6) is 0 Å². The Morgan fingerprint density at radius 2 is 2.10 bits per heavy atom. The first-order valence-electron chi connectivity index (χ1n) is 6.99. The lowest BCUT2D eigenvalue weighted by Gasteiger charge is -2.19. The summed E-state index contributed by atoms with van der Waals surface area (Å²) in [6.07, 6.45) is 0.878. The van der Waals surface area contributed by atoms with Crippen LogP contribution in [0, 0.1) is 5.92 Å². The number of hydrazine groups is 1. The average Bonchev–Trinajstić information content (AvgIpc) is 2.86. The highest BCUT2D eigenvalue weighted by Crippen LogP contribution is 2.32. The number of hydrogen-bond donors (Lipinski definition) is 2. The predicted octanol–water partition coefficient (Wildman–Crippen LogP) is 3.27. The maximum absolute atomic E-state index is 5.78. The molecule has 3 N–H and O–H groups in total. The fourth-order valence-electron chi connectivity index (χ4n) is 2.14. The smallest absolute Gasteiger partial charge is 0.161 e. The van der Waals surface area contributed by atoms with E-state index < -0.39 is 0 Å². The highest BCUT2D eigenvalue weighted by Gasteiger charge is 2.21. The van der Waals surface area contributed by atoms with Crippen molar-refractivity contribution in [2.24, 2.45) is 11.8 Å². The Morgan fingerprint density at radius 3 is 2.65 bits per heavy atom. The summed E-state index contributed by atoms with van der Waals surface area (Å²) in [7, 11) is 0. The van der Waals surface area contributed by atoms with Gasteiger partial charge in [0, 0.05) is 11.5 Å². The molecule has 5 nitrogen and oxygen atoms in total. The van der Waals surface area contributed by atoms with Crippen LogP contribution >= 0.6 is 11.3 Å². The summed E-state index contributed by atoms with van der Waals surface area (Å²) < 4.78 is 5.78. The van der Waals surface area contributed by atoms with Crippen molar-refractivity contribution in [3.63, 3.8) is 0 Å². The van der Waals surface area contributed by atoms with Gasteiger partial charge >= 0.3 is 0 Å². The Morgan fingerprint density at radius 1 is 1.35 bits per heavy atom. The second-order valence-electron chi connectivity index (χ2n) is 4.98. The van der Waals surface area contributed by atoms with Crippen LogP contribution in [0.3, 0.4) is 0 Å². The number of nitrogen functional groups attached to an aromatic ring is 1. The fourth-order valence-corrected chi connectivity index (χ4v) is 3.12. The van der Waals surface area contributed by atoms with E-state index in [1.54, 1.807) is 11.3 Å². The zero-order valence-corrected chi connectivity index (χ0v) is 13.3. The third-order valence-electron chi connectivity index (χ3n) is 3.15. The second-order valence-corrected chi connectivity index (χ2v) is 6.10. The quantitative estimate of drug-likeness (QED) is 0.632. The van der Waals surface area contributed by atoms with Crippen molar-refractivity contribution in [2.75, 3.05) is 12.0 Å². The molecule has 0 aromatic carbocycles. The van der Waals surface area contributed by atoms with Gasteiger partial charge in [-0.25, -0.2) is 15.8 Å². The van der Waals surface area contributed by atoms with Gasteiger partial charge in [0.15, 0.2) is 11.6 Å². The number of ether oxygens (including phenoxy) is 1. The van der Waals surface area contributed by atoms with Crippen LogP contribution in [0.25, 0.3) is 10.2 Å². The van der Waals surface area contributed by atoms with Crippen LogP contribution in [-0.2, 0) is 11.2 Å². The third kappa shape index (κ3) is 2.92. The van der Waals surface area contributed by atoms with Gasteiger partial charge in [-0.15, -0.1) is 11.3 Å². The van der Waals surface area contributed by atoms with Crippen LogP contribution in [0.4, 0.5) is 5.82 Å². The summed E-state index contributed by atoms with van der Waals surface area (Å²) in [6.45, 7) is 8.97. The van der Waals surface area contributed by atoms with Crippen molar-refractivity contribution in [2.45, 2.75) is 40.2 Å². The summed E-state index contributed by atoms with van der Waals surface area (Å²) in [6, 6.07) is 2.10. The van der Waals surface area contributed by atoms with E-state index in [1.165, 1.54) is 4.88 Å². The molecule has 2 aromatic rings. The lowest BCUT2D eigenvalue weighted by Crippen LogP contribution is -2.17. The first-order chi connectivity index (χ1) is 9.60. The molecule has 0 aliphatic carbocycles. The van der Waals surface area contributed by atoms with Gasteiger partial charge in [0.2, 0.25) is 0 Å². The molecule has 6 heteroatoms. The molecule has 0 saturated carbocycles. The number of nitrogens with one attached hydrogen (secondary N) is 1. The minimum Gasteiger partial charge on any atom is -0.370 e. The molecule has 110 valence electrons. The van der Waals surface area contributed by atoms with Crippen molar-refractivity contribution in [3.8, 4) is 0 Å². The molecule has 0 bridgehead atoms. The van der Waals surface area contributed by atoms with Crippen molar-refractivity contribution in [3.05, 3.63) is 16.8 Å². The van der Waals surface area contributed by atoms with E-state index >= 15 is 0 Å². The standard InChI is InChI=1S/C14H22N4OS/c1-5-9-7-10-12(18-15)16-13(17-14(10)20-9)11(8(3)4)19-6-2/h7-8,11H,5-6,15H2,1-4H3,(H,16,17,18). The fraction of sp³-hybridized carbons (Fsp3) is 0.571. The van der Waals surface area contributed by atoms with Gasteiger partial charge in [-0.1, -0.05) is 20.8 Å². The summed E-state index contributed by atoms with van der Waals surface area (Å²) >= 11 is 1.69. The van der Waals surface area contributed by atoms with Crippen LogP contribution in [0.15, 0.2) is 6.07 Å². The largest absolute Gasteiger partial charge is 0.370 e. The maximum Gasteiger partial charge on any atom is 0.161 e. The van der Waals surface area contributed by atoms with Crippen LogP contribution in [0.1, 0.15) is 44.5 Å². The first-order valence-corrected chi connectivity index (χ1v) is 7.80. The number of aromatic nitrogens is 2. The average molecular weight is 294 g/mol. The Labute approximate surface area is 123 Å². The Balaban J connectivity index is 2.53. The third-order valence-corrected chi connectivity index (χ3v) is 4.33. The number of nitrogens with zero attached hydrogens (tertiary/aromatic N) is 2. The van der Waals surface area contributed by atoms with Crippen LogP contribution in [0.2, 0.25) is 0 Å². The maximum atomic E-state index is 5.78.